The predicted octanol–water partition coefficient (Wildman–Crippen LogP) is 0.904. The predicted molar refractivity (Wildman–Crippen MR) is 59.5 cm³/mol. The lowest BCUT2D eigenvalue weighted by molar-refractivity contribution is 0.0599. The van der Waals surface area contributed by atoms with Gasteiger partial charge in [0, 0.05) is 6.07 Å². The van der Waals surface area contributed by atoms with Crippen LogP contribution in [0.5, 0.6) is 5.88 Å². The number of carbonyl (C=O) groups excluding carboxylic acids is 1. The van der Waals surface area contributed by atoms with E-state index in [-0.39, 0.29) is 0 Å². The van der Waals surface area contributed by atoms with Gasteiger partial charge in [0.1, 0.15) is 0 Å². The first kappa shape index (κ1) is 12.4. The summed E-state index contributed by atoms with van der Waals surface area (Å²) in [4.78, 5) is 15.4. The second-order valence-corrected chi connectivity index (χ2v) is 3.26. The number of rotatable bonds is 5. The third-order valence-corrected chi connectivity index (χ3v) is 2.06. The first-order valence-corrected chi connectivity index (χ1v) is 5.08. The SMILES string of the molecule is COC(=O)c1ccc(OCCCN)nc1C. The van der Waals surface area contributed by atoms with Gasteiger partial charge >= 0.3 is 5.97 Å². The summed E-state index contributed by atoms with van der Waals surface area (Å²) in [5.74, 6) is 0.108. The van der Waals surface area contributed by atoms with E-state index in [9.17, 15) is 4.79 Å². The van der Waals surface area contributed by atoms with E-state index in [1.54, 1.807) is 19.1 Å². The molecular weight excluding hydrogens is 208 g/mol. The van der Waals surface area contributed by atoms with Gasteiger partial charge in [-0.2, -0.15) is 0 Å². The van der Waals surface area contributed by atoms with E-state index in [1.165, 1.54) is 7.11 Å². The molecule has 5 nitrogen and oxygen atoms in total. The molecule has 0 aliphatic rings. The average Bonchev–Trinajstić information content (AvgIpc) is 2.29. The first-order valence-electron chi connectivity index (χ1n) is 5.08. The van der Waals surface area contributed by atoms with Gasteiger partial charge in [-0.05, 0) is 26.0 Å². The molecule has 88 valence electrons. The Hall–Kier alpha value is -1.62. The summed E-state index contributed by atoms with van der Waals surface area (Å²) >= 11 is 0. The standard InChI is InChI=1S/C11H16N2O3/c1-8-9(11(14)15-2)4-5-10(13-8)16-7-3-6-12/h4-5H,3,6-7,12H2,1-2H3. The molecule has 0 radical (unpaired) electrons. The van der Waals surface area contributed by atoms with Crippen LogP contribution in [0, 0.1) is 6.92 Å². The van der Waals surface area contributed by atoms with E-state index in [1.807, 2.05) is 0 Å². The monoisotopic (exact) mass is 224 g/mol. The van der Waals surface area contributed by atoms with Crippen LogP contribution in [0.3, 0.4) is 0 Å². The Morgan fingerprint density at radius 2 is 2.25 bits per heavy atom. The van der Waals surface area contributed by atoms with Gasteiger partial charge in [0.05, 0.1) is 25.0 Å². The van der Waals surface area contributed by atoms with Crippen molar-refractivity contribution in [3.63, 3.8) is 0 Å². The smallest absolute Gasteiger partial charge is 0.339 e. The summed E-state index contributed by atoms with van der Waals surface area (Å²) in [6, 6.07) is 3.29. The zero-order valence-electron chi connectivity index (χ0n) is 9.53. The molecule has 0 bridgehead atoms. The molecule has 1 aromatic heterocycles. The normalized spacial score (nSPS) is 9.94. The molecule has 0 aliphatic heterocycles. The third kappa shape index (κ3) is 3.20. The second-order valence-electron chi connectivity index (χ2n) is 3.26. The van der Waals surface area contributed by atoms with Crippen molar-refractivity contribution in [1.82, 2.24) is 4.98 Å². The molecule has 5 heteroatoms. The number of carbonyl (C=O) groups is 1. The summed E-state index contributed by atoms with van der Waals surface area (Å²) < 4.78 is 9.97. The van der Waals surface area contributed by atoms with Crippen LogP contribution in [-0.4, -0.2) is 31.2 Å². The summed E-state index contributed by atoms with van der Waals surface area (Å²) in [6.45, 7) is 2.85. The highest BCUT2D eigenvalue weighted by Gasteiger charge is 2.10. The fourth-order valence-corrected chi connectivity index (χ4v) is 1.20. The number of hydrogen-bond donors (Lipinski definition) is 1. The highest BCUT2D eigenvalue weighted by Crippen LogP contribution is 2.13. The molecule has 1 heterocycles. The fourth-order valence-electron chi connectivity index (χ4n) is 1.20. The Morgan fingerprint density at radius 1 is 1.50 bits per heavy atom. The number of ether oxygens (including phenoxy) is 2. The van der Waals surface area contributed by atoms with Crippen molar-refractivity contribution in [1.29, 1.82) is 0 Å². The average molecular weight is 224 g/mol. The molecule has 0 spiro atoms. The van der Waals surface area contributed by atoms with Gasteiger partial charge in [-0.3, -0.25) is 0 Å². The summed E-state index contributed by atoms with van der Waals surface area (Å²) in [5, 5.41) is 0. The van der Waals surface area contributed by atoms with Gasteiger partial charge in [-0.15, -0.1) is 0 Å². The van der Waals surface area contributed by atoms with Crippen molar-refractivity contribution in [2.75, 3.05) is 20.3 Å². The van der Waals surface area contributed by atoms with Crippen LogP contribution in [0.1, 0.15) is 22.5 Å². The van der Waals surface area contributed by atoms with E-state index >= 15 is 0 Å². The first-order chi connectivity index (χ1) is 7.69. The number of methoxy groups -OCH3 is 1. The molecule has 0 aromatic carbocycles. The molecule has 1 aromatic rings. The van der Waals surface area contributed by atoms with Crippen molar-refractivity contribution < 1.29 is 14.3 Å². The highest BCUT2D eigenvalue weighted by atomic mass is 16.5. The van der Waals surface area contributed by atoms with E-state index in [2.05, 4.69) is 9.72 Å². The van der Waals surface area contributed by atoms with Gasteiger partial charge in [0.25, 0.3) is 0 Å². The summed E-state index contributed by atoms with van der Waals surface area (Å²) in [5.41, 5.74) is 6.39. The molecule has 0 atom stereocenters. The lowest BCUT2D eigenvalue weighted by Gasteiger charge is -2.07. The van der Waals surface area contributed by atoms with Gasteiger partial charge in [0.15, 0.2) is 0 Å². The molecule has 0 aliphatic carbocycles. The Morgan fingerprint density at radius 3 is 2.81 bits per heavy atom. The van der Waals surface area contributed by atoms with Gasteiger partial charge in [-0.25, -0.2) is 9.78 Å². The van der Waals surface area contributed by atoms with Crippen LogP contribution >= 0.6 is 0 Å². The van der Waals surface area contributed by atoms with Crippen LogP contribution in [0.4, 0.5) is 0 Å². The Balaban J connectivity index is 2.71. The van der Waals surface area contributed by atoms with Crippen LogP contribution in [0.25, 0.3) is 0 Å². The highest BCUT2D eigenvalue weighted by molar-refractivity contribution is 5.90. The lowest BCUT2D eigenvalue weighted by Crippen LogP contribution is -2.09. The number of pyridine rings is 1. The second kappa shape index (κ2) is 6.07. The Kier molecular flexibility index (Phi) is 4.72. The molecule has 0 amide bonds. The maximum Gasteiger partial charge on any atom is 0.339 e. The fraction of sp³-hybridized carbons (Fsp3) is 0.455. The summed E-state index contributed by atoms with van der Waals surface area (Å²) in [7, 11) is 1.34. The maximum absolute atomic E-state index is 11.3. The Bertz CT molecular complexity index is 366. The number of nitrogens with two attached hydrogens (primary N) is 1. The Labute approximate surface area is 94.6 Å². The van der Waals surface area contributed by atoms with Crippen LogP contribution in [-0.2, 0) is 4.74 Å². The minimum absolute atomic E-state index is 0.390. The van der Waals surface area contributed by atoms with Crippen molar-refractivity contribution in [3.05, 3.63) is 23.4 Å². The molecule has 0 saturated carbocycles. The van der Waals surface area contributed by atoms with E-state index < -0.39 is 5.97 Å². The quantitative estimate of drug-likeness (QED) is 0.594. The number of nitrogens with zero attached hydrogens (tertiary/aromatic N) is 1. The molecule has 0 saturated heterocycles. The number of aryl methyl sites for hydroxylation is 1. The van der Waals surface area contributed by atoms with Crippen molar-refractivity contribution in [2.45, 2.75) is 13.3 Å². The third-order valence-electron chi connectivity index (χ3n) is 2.06. The molecule has 1 rings (SSSR count). The molecule has 2 N–H and O–H groups in total. The molecular formula is C11H16N2O3. The number of hydrogen-bond acceptors (Lipinski definition) is 5. The minimum Gasteiger partial charge on any atom is -0.478 e. The zero-order chi connectivity index (χ0) is 12.0. The van der Waals surface area contributed by atoms with Gasteiger partial charge < -0.3 is 15.2 Å². The van der Waals surface area contributed by atoms with E-state index in [0.29, 0.717) is 30.3 Å². The summed E-state index contributed by atoms with van der Waals surface area (Å²) in [6.07, 6.45) is 0.777. The lowest BCUT2D eigenvalue weighted by atomic mass is 10.2. The van der Waals surface area contributed by atoms with Crippen LogP contribution in [0.15, 0.2) is 12.1 Å². The van der Waals surface area contributed by atoms with Crippen molar-refractivity contribution in [2.24, 2.45) is 5.73 Å². The van der Waals surface area contributed by atoms with Crippen molar-refractivity contribution in [3.8, 4) is 5.88 Å². The van der Waals surface area contributed by atoms with Crippen LogP contribution in [0.2, 0.25) is 0 Å². The zero-order valence-corrected chi connectivity index (χ0v) is 9.53. The van der Waals surface area contributed by atoms with Gasteiger partial charge in [0.2, 0.25) is 5.88 Å². The number of esters is 1. The number of aromatic nitrogens is 1. The van der Waals surface area contributed by atoms with Crippen LogP contribution < -0.4 is 10.5 Å². The van der Waals surface area contributed by atoms with Crippen molar-refractivity contribution >= 4 is 5.97 Å². The van der Waals surface area contributed by atoms with Gasteiger partial charge in [-0.1, -0.05) is 0 Å². The molecule has 0 unspecified atom stereocenters. The minimum atomic E-state index is -0.390. The molecule has 0 fully saturated rings. The maximum atomic E-state index is 11.3. The topological polar surface area (TPSA) is 74.4 Å². The van der Waals surface area contributed by atoms with E-state index in [4.69, 9.17) is 10.5 Å². The van der Waals surface area contributed by atoms with E-state index in [0.717, 1.165) is 6.42 Å². The largest absolute Gasteiger partial charge is 0.478 e. The molecule has 16 heavy (non-hydrogen) atoms.